The highest BCUT2D eigenvalue weighted by atomic mass is 79.9. The summed E-state index contributed by atoms with van der Waals surface area (Å²) in [6.07, 6.45) is 2.78. The van der Waals surface area contributed by atoms with Gasteiger partial charge in [0, 0.05) is 40.9 Å². The van der Waals surface area contributed by atoms with Crippen LogP contribution in [0.3, 0.4) is 0 Å². The van der Waals surface area contributed by atoms with Crippen LogP contribution in [0.2, 0.25) is 5.02 Å². The van der Waals surface area contributed by atoms with Crippen LogP contribution in [0.25, 0.3) is 0 Å². The van der Waals surface area contributed by atoms with E-state index >= 15 is 0 Å². The summed E-state index contributed by atoms with van der Waals surface area (Å²) in [5, 5.41) is 0.805. The molecule has 100 valence electrons. The maximum Gasteiger partial charge on any atom is 0.0462 e. The van der Waals surface area contributed by atoms with E-state index in [1.54, 1.807) is 0 Å². The molecule has 0 spiro atoms. The summed E-state index contributed by atoms with van der Waals surface area (Å²) in [6, 6.07) is 12.0. The molecular weight excluding hydrogens is 324 g/mol. The number of benzene rings is 1. The molecular formula is C15H16BrClN2. The molecule has 2 rings (SSSR count). The molecule has 1 aromatic heterocycles. The number of aromatic nitrogens is 1. The number of rotatable bonds is 5. The highest BCUT2D eigenvalue weighted by molar-refractivity contribution is 9.10. The normalized spacial score (nSPS) is 10.9. The van der Waals surface area contributed by atoms with E-state index in [0.29, 0.717) is 0 Å². The van der Waals surface area contributed by atoms with Gasteiger partial charge in [-0.1, -0.05) is 39.7 Å². The molecule has 0 N–H and O–H groups in total. The summed E-state index contributed by atoms with van der Waals surface area (Å²) < 4.78 is 1.01. The molecule has 0 aliphatic heterocycles. The fraction of sp³-hybridized carbons (Fsp3) is 0.267. The Labute approximate surface area is 127 Å². The minimum atomic E-state index is 0.805. The molecule has 0 radical (unpaired) electrons. The lowest BCUT2D eigenvalue weighted by Crippen LogP contribution is -2.21. The summed E-state index contributed by atoms with van der Waals surface area (Å²) in [5.74, 6) is 0. The quantitative estimate of drug-likeness (QED) is 0.812. The first-order valence-corrected chi connectivity index (χ1v) is 7.34. The zero-order chi connectivity index (χ0) is 13.7. The molecule has 0 unspecified atom stereocenters. The topological polar surface area (TPSA) is 16.1 Å². The van der Waals surface area contributed by atoms with Crippen LogP contribution in [0.15, 0.2) is 47.1 Å². The van der Waals surface area contributed by atoms with Gasteiger partial charge in [0.2, 0.25) is 0 Å². The molecule has 0 bridgehead atoms. The summed E-state index contributed by atoms with van der Waals surface area (Å²) in [4.78, 5) is 6.58. The van der Waals surface area contributed by atoms with Crippen molar-refractivity contribution in [3.8, 4) is 0 Å². The molecule has 4 heteroatoms. The molecule has 0 saturated carbocycles. The van der Waals surface area contributed by atoms with E-state index in [1.165, 1.54) is 0 Å². The van der Waals surface area contributed by atoms with E-state index in [1.807, 2.05) is 30.5 Å². The van der Waals surface area contributed by atoms with Crippen molar-refractivity contribution < 1.29 is 0 Å². The van der Waals surface area contributed by atoms with Crippen molar-refractivity contribution in [2.75, 3.05) is 13.6 Å². The maximum absolute atomic E-state index is 6.22. The van der Waals surface area contributed by atoms with Gasteiger partial charge in [-0.2, -0.15) is 0 Å². The number of nitrogens with zero attached hydrogens (tertiary/aromatic N) is 2. The van der Waals surface area contributed by atoms with Crippen LogP contribution in [0.4, 0.5) is 0 Å². The monoisotopic (exact) mass is 338 g/mol. The third-order valence-electron chi connectivity index (χ3n) is 2.93. The minimum absolute atomic E-state index is 0.805. The van der Waals surface area contributed by atoms with E-state index in [4.69, 9.17) is 11.6 Å². The van der Waals surface area contributed by atoms with Gasteiger partial charge in [-0.3, -0.25) is 4.98 Å². The van der Waals surface area contributed by atoms with Gasteiger partial charge in [-0.15, -0.1) is 0 Å². The Bertz CT molecular complexity index is 531. The first-order valence-electron chi connectivity index (χ1n) is 6.17. The molecule has 0 aliphatic rings. The van der Waals surface area contributed by atoms with Crippen molar-refractivity contribution in [1.29, 1.82) is 0 Å². The smallest absolute Gasteiger partial charge is 0.0462 e. The fourth-order valence-corrected chi connectivity index (χ4v) is 2.60. The van der Waals surface area contributed by atoms with Crippen LogP contribution < -0.4 is 0 Å². The number of hydrogen-bond acceptors (Lipinski definition) is 2. The van der Waals surface area contributed by atoms with Crippen molar-refractivity contribution >= 4 is 27.5 Å². The Kier molecular flexibility index (Phi) is 5.37. The summed E-state index contributed by atoms with van der Waals surface area (Å²) in [7, 11) is 2.10. The average molecular weight is 340 g/mol. The number of hydrogen-bond donors (Lipinski definition) is 0. The Balaban J connectivity index is 1.89. The van der Waals surface area contributed by atoms with Crippen LogP contribution in [0.1, 0.15) is 11.3 Å². The van der Waals surface area contributed by atoms with Crippen LogP contribution in [0, 0.1) is 0 Å². The Hall–Kier alpha value is -0.900. The van der Waals surface area contributed by atoms with E-state index in [9.17, 15) is 0 Å². The van der Waals surface area contributed by atoms with E-state index in [0.717, 1.165) is 40.3 Å². The molecule has 2 nitrogen and oxygen atoms in total. The van der Waals surface area contributed by atoms with Crippen LogP contribution >= 0.6 is 27.5 Å². The molecule has 19 heavy (non-hydrogen) atoms. The van der Waals surface area contributed by atoms with Gasteiger partial charge >= 0.3 is 0 Å². The predicted molar refractivity (Wildman–Crippen MR) is 83.4 cm³/mol. The van der Waals surface area contributed by atoms with Crippen molar-refractivity contribution in [3.63, 3.8) is 0 Å². The van der Waals surface area contributed by atoms with Crippen molar-refractivity contribution in [2.45, 2.75) is 13.0 Å². The van der Waals surface area contributed by atoms with E-state index in [2.05, 4.69) is 45.0 Å². The van der Waals surface area contributed by atoms with Gasteiger partial charge in [0.15, 0.2) is 0 Å². The largest absolute Gasteiger partial charge is 0.302 e. The van der Waals surface area contributed by atoms with Crippen molar-refractivity contribution in [3.05, 3.63) is 63.3 Å². The molecule has 2 aromatic rings. The van der Waals surface area contributed by atoms with Crippen molar-refractivity contribution in [1.82, 2.24) is 9.88 Å². The van der Waals surface area contributed by atoms with Crippen LogP contribution in [0.5, 0.6) is 0 Å². The zero-order valence-electron chi connectivity index (χ0n) is 10.8. The van der Waals surface area contributed by atoms with Gasteiger partial charge in [-0.25, -0.2) is 0 Å². The standard InChI is InChI=1S/C15H16BrClN2/c1-19(9-7-14-4-2-3-8-18-14)11-12-5-6-13(16)10-15(12)17/h2-6,8,10H,7,9,11H2,1H3. The minimum Gasteiger partial charge on any atom is -0.302 e. The predicted octanol–water partition coefficient (Wildman–Crippen LogP) is 4.17. The Morgan fingerprint density at radius 2 is 2.11 bits per heavy atom. The second-order valence-electron chi connectivity index (χ2n) is 4.54. The van der Waals surface area contributed by atoms with Gasteiger partial charge in [0.05, 0.1) is 0 Å². The third kappa shape index (κ3) is 4.60. The third-order valence-corrected chi connectivity index (χ3v) is 3.78. The second kappa shape index (κ2) is 7.04. The maximum atomic E-state index is 6.22. The first kappa shape index (κ1) is 14.5. The van der Waals surface area contributed by atoms with Gasteiger partial charge in [0.25, 0.3) is 0 Å². The molecule has 0 aliphatic carbocycles. The summed E-state index contributed by atoms with van der Waals surface area (Å²) in [5.41, 5.74) is 2.27. The van der Waals surface area contributed by atoms with Crippen LogP contribution in [-0.2, 0) is 13.0 Å². The summed E-state index contributed by atoms with van der Waals surface area (Å²) in [6.45, 7) is 1.81. The fourth-order valence-electron chi connectivity index (χ4n) is 1.87. The molecule has 0 amide bonds. The summed E-state index contributed by atoms with van der Waals surface area (Å²) >= 11 is 9.64. The van der Waals surface area contributed by atoms with Gasteiger partial charge < -0.3 is 4.90 Å². The Morgan fingerprint density at radius 1 is 1.26 bits per heavy atom. The van der Waals surface area contributed by atoms with Gasteiger partial charge in [-0.05, 0) is 36.9 Å². The van der Waals surface area contributed by atoms with Gasteiger partial charge in [0.1, 0.15) is 0 Å². The highest BCUT2D eigenvalue weighted by Crippen LogP contribution is 2.22. The Morgan fingerprint density at radius 3 is 2.79 bits per heavy atom. The van der Waals surface area contributed by atoms with Crippen molar-refractivity contribution in [2.24, 2.45) is 0 Å². The number of halogens is 2. The van der Waals surface area contributed by atoms with E-state index in [-0.39, 0.29) is 0 Å². The molecule has 0 fully saturated rings. The second-order valence-corrected chi connectivity index (χ2v) is 5.87. The average Bonchev–Trinajstić information content (AvgIpc) is 2.41. The lowest BCUT2D eigenvalue weighted by atomic mass is 10.2. The molecule has 1 heterocycles. The lowest BCUT2D eigenvalue weighted by Gasteiger charge is -2.17. The first-order chi connectivity index (χ1) is 9.15. The van der Waals surface area contributed by atoms with Crippen LogP contribution in [-0.4, -0.2) is 23.5 Å². The molecule has 0 saturated heterocycles. The molecule has 0 atom stereocenters. The highest BCUT2D eigenvalue weighted by Gasteiger charge is 2.05. The zero-order valence-corrected chi connectivity index (χ0v) is 13.2. The lowest BCUT2D eigenvalue weighted by molar-refractivity contribution is 0.330. The molecule has 1 aromatic carbocycles. The SMILES string of the molecule is CN(CCc1ccccn1)Cc1ccc(Br)cc1Cl. The van der Waals surface area contributed by atoms with E-state index < -0.39 is 0 Å². The number of pyridine rings is 1. The number of likely N-dealkylation sites (N-methyl/N-ethyl adjacent to an activating group) is 1.